The number of carbonyl (C=O) groups excluding carboxylic acids is 2. The zero-order valence-corrected chi connectivity index (χ0v) is 15.3. The van der Waals surface area contributed by atoms with E-state index in [2.05, 4.69) is 10.3 Å². The molecule has 10 heteroatoms. The fourth-order valence-electron chi connectivity index (χ4n) is 2.91. The molecule has 2 aromatic heterocycles. The molecule has 0 atom stereocenters. The number of aromatic nitrogens is 2. The minimum atomic E-state index is -0.766. The number of aryl methyl sites for hydroxylation is 2. The summed E-state index contributed by atoms with van der Waals surface area (Å²) in [7, 11) is 0. The van der Waals surface area contributed by atoms with Crippen molar-refractivity contribution in [3.05, 3.63) is 26.5 Å². The molecular weight excluding hydrogens is 364 g/mol. The van der Waals surface area contributed by atoms with Gasteiger partial charge in [0.15, 0.2) is 4.96 Å². The maximum atomic E-state index is 13.0. The van der Waals surface area contributed by atoms with Crippen molar-refractivity contribution >= 4 is 39.9 Å². The Hall–Kier alpha value is -1.91. The van der Waals surface area contributed by atoms with Gasteiger partial charge in [-0.3, -0.25) is 24.0 Å². The number of fused-ring (bicyclic) bond motifs is 3. The lowest BCUT2D eigenvalue weighted by atomic mass is 10.2. The van der Waals surface area contributed by atoms with Gasteiger partial charge in [0, 0.05) is 10.6 Å². The maximum Gasteiger partial charge on any atom is 0.272 e. The quantitative estimate of drug-likeness (QED) is 0.239. The van der Waals surface area contributed by atoms with Crippen molar-refractivity contribution in [2.45, 2.75) is 37.1 Å². The molecule has 0 spiro atoms. The summed E-state index contributed by atoms with van der Waals surface area (Å²) in [4.78, 5) is 42.8. The Kier molecular flexibility index (Phi) is 5.40. The van der Waals surface area contributed by atoms with Gasteiger partial charge in [-0.25, -0.2) is 10.5 Å². The molecule has 1 aliphatic carbocycles. The van der Waals surface area contributed by atoms with Gasteiger partial charge in [-0.1, -0.05) is 6.42 Å². The lowest BCUT2D eigenvalue weighted by Gasteiger charge is -2.08. The third-order valence-electron chi connectivity index (χ3n) is 4.10. The van der Waals surface area contributed by atoms with E-state index in [1.165, 1.54) is 28.6 Å². The second kappa shape index (κ2) is 7.54. The number of thiazole rings is 1. The topological polar surface area (TPSA) is 113 Å². The van der Waals surface area contributed by atoms with Crippen molar-refractivity contribution in [2.75, 3.05) is 12.8 Å². The number of amides is 2. The first-order valence-corrected chi connectivity index (χ1v) is 9.93. The van der Waals surface area contributed by atoms with Gasteiger partial charge in [0.25, 0.3) is 17.4 Å². The highest BCUT2D eigenvalue weighted by Gasteiger charge is 2.24. The van der Waals surface area contributed by atoms with Crippen LogP contribution in [0.2, 0.25) is 0 Å². The summed E-state index contributed by atoms with van der Waals surface area (Å²) in [5, 5.41) is 11.2. The molecule has 0 unspecified atom stereocenters. The van der Waals surface area contributed by atoms with E-state index in [9.17, 15) is 14.4 Å². The van der Waals surface area contributed by atoms with Gasteiger partial charge in [-0.15, -0.1) is 23.1 Å². The molecule has 2 heterocycles. The number of thioether (sulfide) groups is 1. The van der Waals surface area contributed by atoms with Crippen molar-refractivity contribution in [1.82, 2.24) is 20.2 Å². The number of hydrogen-bond donors (Lipinski definition) is 3. The maximum absolute atomic E-state index is 13.0. The zero-order chi connectivity index (χ0) is 18.0. The molecule has 8 nitrogen and oxygen atoms in total. The molecule has 134 valence electrons. The molecule has 3 rings (SSSR count). The van der Waals surface area contributed by atoms with E-state index in [0.717, 1.165) is 42.7 Å². The van der Waals surface area contributed by atoms with Crippen LogP contribution in [0.4, 0.5) is 0 Å². The van der Waals surface area contributed by atoms with E-state index in [1.54, 1.807) is 10.7 Å². The van der Waals surface area contributed by atoms with Crippen LogP contribution < -0.4 is 16.4 Å². The summed E-state index contributed by atoms with van der Waals surface area (Å²) < 4.78 is 1.55. The summed E-state index contributed by atoms with van der Waals surface area (Å²) in [5.74, 6) is -1.44. The van der Waals surface area contributed by atoms with E-state index < -0.39 is 23.9 Å². The Labute approximate surface area is 151 Å². The highest BCUT2D eigenvalue weighted by molar-refractivity contribution is 7.98. The van der Waals surface area contributed by atoms with Crippen LogP contribution in [0, 0.1) is 0 Å². The molecule has 0 saturated heterocycles. The second-order valence-electron chi connectivity index (χ2n) is 5.67. The molecular formula is C15H18N4O4S2. The predicted octanol–water partition coefficient (Wildman–Crippen LogP) is 0.982. The molecule has 0 radical (unpaired) electrons. The summed E-state index contributed by atoms with van der Waals surface area (Å²) in [6.45, 7) is -0.424. The molecule has 0 fully saturated rings. The minimum absolute atomic E-state index is 0.0689. The van der Waals surface area contributed by atoms with Gasteiger partial charge in [0.05, 0.1) is 6.54 Å². The first-order chi connectivity index (χ1) is 12.1. The molecule has 0 aromatic carbocycles. The van der Waals surface area contributed by atoms with E-state index >= 15 is 0 Å². The fourth-order valence-corrected chi connectivity index (χ4v) is 4.73. The minimum Gasteiger partial charge on any atom is -0.343 e. The zero-order valence-electron chi connectivity index (χ0n) is 13.6. The molecule has 0 saturated carbocycles. The predicted molar refractivity (Wildman–Crippen MR) is 94.6 cm³/mol. The molecule has 3 N–H and O–H groups in total. The summed E-state index contributed by atoms with van der Waals surface area (Å²) in [6, 6.07) is 0. The number of hydrogen-bond acceptors (Lipinski definition) is 7. The van der Waals surface area contributed by atoms with E-state index in [4.69, 9.17) is 5.21 Å². The van der Waals surface area contributed by atoms with Crippen molar-refractivity contribution in [3.63, 3.8) is 0 Å². The standard InChI is InChI=1S/C15H18N4O4S2/c1-24-13-11(12(21)16-7-10(20)18-23)14(22)19-8-5-3-2-4-6-9(8)25-15(19)17-13/h23H,2-7H2,1H3,(H,16,21)(H,18,20). The lowest BCUT2D eigenvalue weighted by molar-refractivity contribution is -0.128. The smallest absolute Gasteiger partial charge is 0.272 e. The fraction of sp³-hybridized carbons (Fsp3) is 0.467. The van der Waals surface area contributed by atoms with Crippen LogP contribution in [-0.4, -0.2) is 39.2 Å². The highest BCUT2D eigenvalue weighted by Crippen LogP contribution is 2.29. The van der Waals surface area contributed by atoms with Crippen LogP contribution in [0.1, 0.15) is 40.2 Å². The Morgan fingerprint density at radius 2 is 2.08 bits per heavy atom. The van der Waals surface area contributed by atoms with E-state index in [1.807, 2.05) is 0 Å². The summed E-state index contributed by atoms with van der Waals surface area (Å²) in [5.41, 5.74) is 1.91. The van der Waals surface area contributed by atoms with Crippen molar-refractivity contribution in [3.8, 4) is 0 Å². The molecule has 25 heavy (non-hydrogen) atoms. The van der Waals surface area contributed by atoms with Crippen molar-refractivity contribution in [2.24, 2.45) is 0 Å². The number of nitrogens with one attached hydrogen (secondary N) is 2. The lowest BCUT2D eigenvalue weighted by Crippen LogP contribution is -2.38. The molecule has 0 aliphatic heterocycles. The number of hydroxylamine groups is 1. The monoisotopic (exact) mass is 382 g/mol. The first-order valence-electron chi connectivity index (χ1n) is 7.89. The Morgan fingerprint density at radius 3 is 2.80 bits per heavy atom. The summed E-state index contributed by atoms with van der Waals surface area (Å²) >= 11 is 2.72. The van der Waals surface area contributed by atoms with Crippen LogP contribution >= 0.6 is 23.1 Å². The van der Waals surface area contributed by atoms with Crippen molar-refractivity contribution in [1.29, 1.82) is 0 Å². The second-order valence-corrected chi connectivity index (χ2v) is 7.53. The van der Waals surface area contributed by atoms with E-state index in [0.29, 0.717) is 9.99 Å². The largest absolute Gasteiger partial charge is 0.343 e. The Bertz CT molecular complexity index is 890. The third-order valence-corrected chi connectivity index (χ3v) is 5.92. The SMILES string of the molecule is CSc1nc2sc3c(n2c(=O)c1C(=O)NCC(=O)NO)CCCCC3. The number of nitrogens with zero attached hydrogens (tertiary/aromatic N) is 2. The van der Waals surface area contributed by atoms with Crippen LogP contribution in [0.15, 0.2) is 9.82 Å². The van der Waals surface area contributed by atoms with Gasteiger partial charge in [0.2, 0.25) is 0 Å². The molecule has 0 bridgehead atoms. The van der Waals surface area contributed by atoms with Gasteiger partial charge in [-0.2, -0.15) is 0 Å². The van der Waals surface area contributed by atoms with Gasteiger partial charge in [0.1, 0.15) is 10.6 Å². The normalized spacial score (nSPS) is 14.0. The molecule has 1 aliphatic rings. The van der Waals surface area contributed by atoms with Crippen LogP contribution in [-0.2, 0) is 17.6 Å². The van der Waals surface area contributed by atoms with Crippen LogP contribution in [0.3, 0.4) is 0 Å². The average molecular weight is 382 g/mol. The van der Waals surface area contributed by atoms with E-state index in [-0.39, 0.29) is 5.56 Å². The average Bonchev–Trinajstić information content (AvgIpc) is 2.80. The Morgan fingerprint density at radius 1 is 1.32 bits per heavy atom. The number of rotatable bonds is 4. The Balaban J connectivity index is 2.09. The first kappa shape index (κ1) is 17.9. The van der Waals surface area contributed by atoms with Crippen LogP contribution in [0.5, 0.6) is 0 Å². The van der Waals surface area contributed by atoms with Crippen molar-refractivity contribution < 1.29 is 14.8 Å². The highest BCUT2D eigenvalue weighted by atomic mass is 32.2. The van der Waals surface area contributed by atoms with Crippen LogP contribution in [0.25, 0.3) is 4.96 Å². The van der Waals surface area contributed by atoms with Gasteiger partial charge in [-0.05, 0) is 31.9 Å². The van der Waals surface area contributed by atoms with Gasteiger partial charge >= 0.3 is 0 Å². The number of carbonyl (C=O) groups is 2. The summed E-state index contributed by atoms with van der Waals surface area (Å²) in [6.07, 6.45) is 6.69. The third kappa shape index (κ3) is 3.42. The van der Waals surface area contributed by atoms with Gasteiger partial charge < -0.3 is 5.32 Å². The molecule has 2 aromatic rings. The molecule has 2 amide bonds.